The Balaban J connectivity index is 2.50. The molecule has 0 bridgehead atoms. The van der Waals surface area contributed by atoms with E-state index in [4.69, 9.17) is 5.11 Å². The Morgan fingerprint density at radius 3 is 2.83 bits per heavy atom. The minimum atomic E-state index is -0.989. The fourth-order valence-electron chi connectivity index (χ4n) is 1.45. The third-order valence-corrected chi connectivity index (χ3v) is 2.43. The molecule has 0 spiro atoms. The summed E-state index contributed by atoms with van der Waals surface area (Å²) in [4.78, 5) is 12.3. The number of aldehydes is 1. The highest BCUT2D eigenvalue weighted by Gasteiger charge is 2.36. The molecular formula is C8H15NO3. The lowest BCUT2D eigenvalue weighted by atomic mass is 10.1. The number of β-amino-alcohol motifs (C(OH)–C–C–N with tert-alkyl or cyclic N) is 1. The number of rotatable bonds is 3. The Morgan fingerprint density at radius 2 is 2.42 bits per heavy atom. The first-order valence-electron chi connectivity index (χ1n) is 4.14. The molecule has 12 heavy (non-hydrogen) atoms. The third kappa shape index (κ3) is 1.83. The van der Waals surface area contributed by atoms with Gasteiger partial charge in [-0.15, -0.1) is 0 Å². The molecule has 4 heteroatoms. The molecule has 0 radical (unpaired) electrons. The van der Waals surface area contributed by atoms with Crippen molar-refractivity contribution in [1.82, 2.24) is 4.90 Å². The van der Waals surface area contributed by atoms with E-state index >= 15 is 0 Å². The Bertz CT molecular complexity index is 174. The van der Waals surface area contributed by atoms with Crippen LogP contribution in [0.25, 0.3) is 0 Å². The molecule has 0 aromatic heterocycles. The Labute approximate surface area is 71.8 Å². The van der Waals surface area contributed by atoms with E-state index in [-0.39, 0.29) is 12.6 Å². The van der Waals surface area contributed by atoms with Gasteiger partial charge in [-0.3, -0.25) is 4.90 Å². The molecular weight excluding hydrogens is 158 g/mol. The zero-order valence-corrected chi connectivity index (χ0v) is 7.23. The van der Waals surface area contributed by atoms with E-state index in [2.05, 4.69) is 0 Å². The van der Waals surface area contributed by atoms with Crippen LogP contribution in [0.2, 0.25) is 0 Å². The number of carbonyl (C=O) groups excluding carboxylic acids is 1. The molecule has 2 N–H and O–H groups in total. The number of aliphatic hydroxyl groups is 2. The van der Waals surface area contributed by atoms with Gasteiger partial charge in [-0.25, -0.2) is 0 Å². The normalized spacial score (nSPS) is 33.6. The van der Waals surface area contributed by atoms with Crippen LogP contribution < -0.4 is 0 Å². The van der Waals surface area contributed by atoms with Crippen molar-refractivity contribution in [1.29, 1.82) is 0 Å². The van der Waals surface area contributed by atoms with Gasteiger partial charge in [-0.1, -0.05) is 0 Å². The highest BCUT2D eigenvalue weighted by Crippen LogP contribution is 2.21. The third-order valence-electron chi connectivity index (χ3n) is 2.43. The van der Waals surface area contributed by atoms with E-state index in [1.54, 1.807) is 6.92 Å². The first kappa shape index (κ1) is 9.64. The lowest BCUT2D eigenvalue weighted by molar-refractivity contribution is -0.112. The van der Waals surface area contributed by atoms with E-state index in [9.17, 15) is 9.90 Å². The summed E-state index contributed by atoms with van der Waals surface area (Å²) < 4.78 is 0. The predicted octanol–water partition coefficient (Wildman–Crippen LogP) is -0.997. The molecule has 4 nitrogen and oxygen atoms in total. The number of nitrogens with zero attached hydrogens (tertiary/aromatic N) is 1. The van der Waals surface area contributed by atoms with E-state index in [0.717, 1.165) is 6.29 Å². The second-order valence-electron chi connectivity index (χ2n) is 3.48. The van der Waals surface area contributed by atoms with Crippen LogP contribution in [-0.2, 0) is 4.79 Å². The van der Waals surface area contributed by atoms with Crippen molar-refractivity contribution < 1.29 is 15.0 Å². The van der Waals surface area contributed by atoms with E-state index in [1.165, 1.54) is 0 Å². The van der Waals surface area contributed by atoms with Gasteiger partial charge in [0.25, 0.3) is 0 Å². The summed E-state index contributed by atoms with van der Waals surface area (Å²) in [5.74, 6) is 0. The number of likely N-dealkylation sites (tertiary alicyclic amines) is 1. The van der Waals surface area contributed by atoms with Gasteiger partial charge in [-0.2, -0.15) is 0 Å². The van der Waals surface area contributed by atoms with Gasteiger partial charge < -0.3 is 15.0 Å². The van der Waals surface area contributed by atoms with Crippen molar-refractivity contribution in [2.45, 2.75) is 25.0 Å². The highest BCUT2D eigenvalue weighted by molar-refractivity contribution is 5.56. The van der Waals surface area contributed by atoms with Crippen LogP contribution in [0.3, 0.4) is 0 Å². The molecule has 1 saturated heterocycles. The summed E-state index contributed by atoms with van der Waals surface area (Å²) in [6, 6.07) is -0.162. The largest absolute Gasteiger partial charge is 0.393 e. The molecule has 1 aliphatic rings. The molecule has 1 rings (SSSR count). The maximum atomic E-state index is 10.4. The molecule has 1 heterocycles. The molecule has 1 fully saturated rings. The predicted molar refractivity (Wildman–Crippen MR) is 43.8 cm³/mol. The molecule has 70 valence electrons. The van der Waals surface area contributed by atoms with E-state index in [1.807, 2.05) is 4.90 Å². The minimum Gasteiger partial charge on any atom is -0.393 e. The molecule has 2 atom stereocenters. The zero-order valence-electron chi connectivity index (χ0n) is 7.23. The van der Waals surface area contributed by atoms with Gasteiger partial charge in [0.05, 0.1) is 12.6 Å². The summed E-state index contributed by atoms with van der Waals surface area (Å²) in [7, 11) is 0. The average Bonchev–Trinajstić information content (AvgIpc) is 2.48. The molecule has 0 saturated carbocycles. The lowest BCUT2D eigenvalue weighted by Gasteiger charge is -2.22. The number of hydrogen-bond donors (Lipinski definition) is 2. The molecule has 1 aliphatic heterocycles. The second-order valence-corrected chi connectivity index (χ2v) is 3.48. The van der Waals surface area contributed by atoms with Crippen molar-refractivity contribution >= 4 is 6.29 Å². The van der Waals surface area contributed by atoms with Gasteiger partial charge in [0, 0.05) is 13.1 Å². The zero-order chi connectivity index (χ0) is 9.19. The van der Waals surface area contributed by atoms with Crippen molar-refractivity contribution in [2.24, 2.45) is 0 Å². The number of aliphatic hydroxyl groups excluding tert-OH is 1. The fourth-order valence-corrected chi connectivity index (χ4v) is 1.45. The molecule has 0 aliphatic carbocycles. The van der Waals surface area contributed by atoms with Crippen LogP contribution in [0.15, 0.2) is 0 Å². The Hall–Kier alpha value is -0.450. The first-order valence-corrected chi connectivity index (χ1v) is 4.14. The van der Waals surface area contributed by atoms with Crippen molar-refractivity contribution in [3.8, 4) is 0 Å². The van der Waals surface area contributed by atoms with Crippen LogP contribution in [0.5, 0.6) is 0 Å². The summed E-state index contributed by atoms with van der Waals surface area (Å²) in [6.07, 6.45) is 1.39. The van der Waals surface area contributed by atoms with Crippen molar-refractivity contribution in [3.63, 3.8) is 0 Å². The minimum absolute atomic E-state index is 0.162. The highest BCUT2D eigenvalue weighted by atomic mass is 16.3. The van der Waals surface area contributed by atoms with Crippen molar-refractivity contribution in [2.75, 3.05) is 19.7 Å². The van der Waals surface area contributed by atoms with Gasteiger partial charge in [0.15, 0.2) is 0 Å². The van der Waals surface area contributed by atoms with Gasteiger partial charge in [0.2, 0.25) is 0 Å². The fraction of sp³-hybridized carbons (Fsp3) is 0.875. The number of carbonyl (C=O) groups is 1. The molecule has 2 unspecified atom stereocenters. The topological polar surface area (TPSA) is 60.8 Å². The van der Waals surface area contributed by atoms with E-state index < -0.39 is 5.60 Å². The smallest absolute Gasteiger partial charge is 0.136 e. The second kappa shape index (κ2) is 3.51. The SMILES string of the molecule is CC(C=O)N1CCC(O)(CO)C1. The maximum absolute atomic E-state index is 10.4. The van der Waals surface area contributed by atoms with Crippen LogP contribution in [-0.4, -0.2) is 52.7 Å². The lowest BCUT2D eigenvalue weighted by Crippen LogP contribution is -2.40. The summed E-state index contributed by atoms with van der Waals surface area (Å²) in [5, 5.41) is 18.4. The maximum Gasteiger partial charge on any atom is 0.136 e. The van der Waals surface area contributed by atoms with Crippen LogP contribution in [0.4, 0.5) is 0 Å². The van der Waals surface area contributed by atoms with Crippen molar-refractivity contribution in [3.05, 3.63) is 0 Å². The molecule has 0 aromatic carbocycles. The van der Waals surface area contributed by atoms with Gasteiger partial charge >= 0.3 is 0 Å². The monoisotopic (exact) mass is 173 g/mol. The molecule has 0 aromatic rings. The standard InChI is InChI=1S/C8H15NO3/c1-7(4-10)9-3-2-8(12,5-9)6-11/h4,7,11-12H,2-3,5-6H2,1H3. The van der Waals surface area contributed by atoms with Crippen LogP contribution >= 0.6 is 0 Å². The number of hydrogen-bond acceptors (Lipinski definition) is 4. The van der Waals surface area contributed by atoms with Gasteiger partial charge in [-0.05, 0) is 13.3 Å². The van der Waals surface area contributed by atoms with Crippen LogP contribution in [0, 0.1) is 0 Å². The summed E-state index contributed by atoms with van der Waals surface area (Å²) in [5.41, 5.74) is -0.989. The summed E-state index contributed by atoms with van der Waals surface area (Å²) in [6.45, 7) is 2.63. The summed E-state index contributed by atoms with van der Waals surface area (Å²) >= 11 is 0. The first-order chi connectivity index (χ1) is 5.61. The van der Waals surface area contributed by atoms with Crippen LogP contribution in [0.1, 0.15) is 13.3 Å². The molecule has 0 amide bonds. The Kier molecular flexibility index (Phi) is 2.82. The van der Waals surface area contributed by atoms with E-state index in [0.29, 0.717) is 19.5 Å². The quantitative estimate of drug-likeness (QED) is 0.538. The Morgan fingerprint density at radius 1 is 1.75 bits per heavy atom. The van der Waals surface area contributed by atoms with Gasteiger partial charge in [0.1, 0.15) is 11.9 Å². The average molecular weight is 173 g/mol.